The minimum absolute atomic E-state index is 0.0179. The molecule has 0 aliphatic heterocycles. The molecule has 7 heteroatoms. The molecule has 0 atom stereocenters. The van der Waals surface area contributed by atoms with E-state index < -0.39 is 0 Å². The van der Waals surface area contributed by atoms with Crippen LogP contribution < -0.4 is 20.2 Å². The van der Waals surface area contributed by atoms with Gasteiger partial charge in [-0.3, -0.25) is 9.59 Å². The van der Waals surface area contributed by atoms with Gasteiger partial charge in [-0.1, -0.05) is 42.0 Å². The molecular weight excluding hydrogens is 418 g/mol. The van der Waals surface area contributed by atoms with Crippen LogP contribution in [-0.4, -0.2) is 25.1 Å². The van der Waals surface area contributed by atoms with Gasteiger partial charge in [-0.25, -0.2) is 5.43 Å². The molecule has 0 bridgehead atoms. The number of carbonyl (C=O) groups is 2. The number of ether oxygens (including phenoxy) is 2. The summed E-state index contributed by atoms with van der Waals surface area (Å²) in [7, 11) is 1.53. The Balaban J connectivity index is 1.39. The van der Waals surface area contributed by atoms with Crippen molar-refractivity contribution in [2.75, 3.05) is 12.4 Å². The molecule has 3 rings (SSSR count). The van der Waals surface area contributed by atoms with E-state index in [4.69, 9.17) is 9.47 Å². The summed E-state index contributed by atoms with van der Waals surface area (Å²) in [5, 5.41) is 6.68. The van der Waals surface area contributed by atoms with Crippen molar-refractivity contribution in [2.45, 2.75) is 26.4 Å². The number of nitrogens with one attached hydrogen (secondary N) is 2. The van der Waals surface area contributed by atoms with Crippen molar-refractivity contribution in [1.82, 2.24) is 5.43 Å². The predicted octanol–water partition coefficient (Wildman–Crippen LogP) is 4.45. The van der Waals surface area contributed by atoms with Crippen LogP contribution in [-0.2, 0) is 16.2 Å². The first-order valence-corrected chi connectivity index (χ1v) is 10.6. The molecule has 2 N–H and O–H groups in total. The van der Waals surface area contributed by atoms with E-state index in [0.29, 0.717) is 18.0 Å². The van der Waals surface area contributed by atoms with E-state index >= 15 is 0 Å². The Morgan fingerprint density at radius 1 is 0.939 bits per heavy atom. The highest BCUT2D eigenvalue weighted by atomic mass is 16.5. The van der Waals surface area contributed by atoms with E-state index in [0.717, 1.165) is 16.9 Å². The molecule has 0 saturated heterocycles. The maximum atomic E-state index is 12.1. The molecule has 3 aromatic carbocycles. The molecule has 0 aromatic heterocycles. The first kappa shape index (κ1) is 23.5. The zero-order valence-corrected chi connectivity index (χ0v) is 18.7. The zero-order chi connectivity index (χ0) is 23.5. The number of methoxy groups -OCH3 is 1. The maximum Gasteiger partial charge on any atom is 0.240 e. The summed E-state index contributed by atoms with van der Waals surface area (Å²) in [4.78, 5) is 24.0. The third-order valence-electron chi connectivity index (χ3n) is 4.73. The van der Waals surface area contributed by atoms with Gasteiger partial charge in [-0.05, 0) is 54.4 Å². The van der Waals surface area contributed by atoms with Gasteiger partial charge in [-0.15, -0.1) is 0 Å². The van der Waals surface area contributed by atoms with Crippen molar-refractivity contribution in [2.24, 2.45) is 5.10 Å². The molecule has 0 fully saturated rings. The number of anilines is 1. The van der Waals surface area contributed by atoms with Crippen LogP contribution in [0.15, 0.2) is 77.9 Å². The lowest BCUT2D eigenvalue weighted by molar-refractivity contribution is -0.124. The summed E-state index contributed by atoms with van der Waals surface area (Å²) < 4.78 is 11.0. The quantitative estimate of drug-likeness (QED) is 0.356. The molecule has 0 unspecified atom stereocenters. The summed E-state index contributed by atoms with van der Waals surface area (Å²) in [5.41, 5.74) is 6.12. The predicted molar refractivity (Wildman–Crippen MR) is 129 cm³/mol. The molecule has 170 valence electrons. The molecule has 0 radical (unpaired) electrons. The SMILES string of the molecule is COc1ccccc1NC(=O)CCC(=O)NN=Cc1ccc(OCc2cccc(C)c2)cc1. The lowest BCUT2D eigenvalue weighted by Gasteiger charge is -2.09. The van der Waals surface area contributed by atoms with Gasteiger partial charge < -0.3 is 14.8 Å². The fraction of sp³-hybridized carbons (Fsp3) is 0.192. The largest absolute Gasteiger partial charge is 0.495 e. The van der Waals surface area contributed by atoms with E-state index in [2.05, 4.69) is 21.9 Å². The summed E-state index contributed by atoms with van der Waals surface area (Å²) in [6.45, 7) is 2.54. The second-order valence-electron chi connectivity index (χ2n) is 7.39. The Morgan fingerprint density at radius 2 is 1.70 bits per heavy atom. The summed E-state index contributed by atoms with van der Waals surface area (Å²) in [6.07, 6.45) is 1.59. The van der Waals surface area contributed by atoms with E-state index in [1.165, 1.54) is 18.9 Å². The van der Waals surface area contributed by atoms with Crippen LogP contribution in [0.4, 0.5) is 5.69 Å². The van der Waals surface area contributed by atoms with Crippen LogP contribution in [0.25, 0.3) is 0 Å². The average molecular weight is 446 g/mol. The summed E-state index contributed by atoms with van der Waals surface area (Å²) in [5.74, 6) is 0.685. The number of rotatable bonds is 10. The molecule has 3 aromatic rings. The number of carbonyl (C=O) groups excluding carboxylic acids is 2. The molecule has 7 nitrogen and oxygen atoms in total. The van der Waals surface area contributed by atoms with Crippen molar-refractivity contribution in [3.05, 3.63) is 89.5 Å². The van der Waals surface area contributed by atoms with E-state index in [1.807, 2.05) is 55.5 Å². The Kier molecular flexibility index (Phi) is 8.59. The number of aryl methyl sites for hydroxylation is 1. The number of para-hydroxylation sites is 2. The topological polar surface area (TPSA) is 89.0 Å². The van der Waals surface area contributed by atoms with Gasteiger partial charge in [0.05, 0.1) is 19.0 Å². The third-order valence-corrected chi connectivity index (χ3v) is 4.73. The number of hydrogen-bond donors (Lipinski definition) is 2. The van der Waals surface area contributed by atoms with Crippen LogP contribution >= 0.6 is 0 Å². The minimum atomic E-state index is -0.348. The number of hydrogen-bond acceptors (Lipinski definition) is 5. The fourth-order valence-electron chi connectivity index (χ4n) is 3.04. The minimum Gasteiger partial charge on any atom is -0.495 e. The van der Waals surface area contributed by atoms with Gasteiger partial charge in [0.15, 0.2) is 0 Å². The van der Waals surface area contributed by atoms with Gasteiger partial charge in [0.2, 0.25) is 11.8 Å². The van der Waals surface area contributed by atoms with Gasteiger partial charge in [-0.2, -0.15) is 5.10 Å². The third kappa shape index (κ3) is 7.81. The average Bonchev–Trinajstić information content (AvgIpc) is 2.83. The van der Waals surface area contributed by atoms with Crippen molar-refractivity contribution < 1.29 is 19.1 Å². The van der Waals surface area contributed by atoms with Crippen molar-refractivity contribution in [1.29, 1.82) is 0 Å². The van der Waals surface area contributed by atoms with E-state index in [1.54, 1.807) is 18.2 Å². The Labute approximate surface area is 193 Å². The van der Waals surface area contributed by atoms with Crippen LogP contribution in [0.5, 0.6) is 11.5 Å². The standard InChI is InChI=1S/C26H27N3O4/c1-19-6-5-7-21(16-19)18-33-22-12-10-20(11-13-22)17-27-29-26(31)15-14-25(30)28-23-8-3-4-9-24(23)32-2/h3-13,16-17H,14-15,18H2,1-2H3,(H,28,30)(H,29,31). The Bertz CT molecular complexity index is 1110. The Morgan fingerprint density at radius 3 is 2.45 bits per heavy atom. The highest BCUT2D eigenvalue weighted by molar-refractivity contribution is 5.94. The highest BCUT2D eigenvalue weighted by Gasteiger charge is 2.09. The van der Waals surface area contributed by atoms with Gasteiger partial charge in [0, 0.05) is 12.8 Å². The second-order valence-corrected chi connectivity index (χ2v) is 7.39. The number of hydrazone groups is 1. The van der Waals surface area contributed by atoms with Crippen LogP contribution in [0.2, 0.25) is 0 Å². The van der Waals surface area contributed by atoms with E-state index in [-0.39, 0.29) is 24.7 Å². The van der Waals surface area contributed by atoms with Crippen molar-refractivity contribution in [3.8, 4) is 11.5 Å². The van der Waals surface area contributed by atoms with E-state index in [9.17, 15) is 9.59 Å². The van der Waals surface area contributed by atoms with Gasteiger partial charge >= 0.3 is 0 Å². The molecule has 33 heavy (non-hydrogen) atoms. The van der Waals surface area contributed by atoms with Crippen molar-refractivity contribution in [3.63, 3.8) is 0 Å². The lowest BCUT2D eigenvalue weighted by Crippen LogP contribution is -2.20. The molecular formula is C26H27N3O4. The highest BCUT2D eigenvalue weighted by Crippen LogP contribution is 2.23. The van der Waals surface area contributed by atoms with Crippen LogP contribution in [0.3, 0.4) is 0 Å². The maximum absolute atomic E-state index is 12.1. The van der Waals surface area contributed by atoms with Gasteiger partial charge in [0.1, 0.15) is 18.1 Å². The van der Waals surface area contributed by atoms with Gasteiger partial charge in [0.25, 0.3) is 0 Å². The number of nitrogens with zero attached hydrogens (tertiary/aromatic N) is 1. The monoisotopic (exact) mass is 445 g/mol. The first-order chi connectivity index (χ1) is 16.0. The summed E-state index contributed by atoms with van der Waals surface area (Å²) in [6, 6.07) is 22.7. The fourth-order valence-corrected chi connectivity index (χ4v) is 3.04. The molecule has 0 heterocycles. The molecule has 0 spiro atoms. The van der Waals surface area contributed by atoms with Crippen molar-refractivity contribution >= 4 is 23.7 Å². The normalized spacial score (nSPS) is 10.6. The molecule has 0 aliphatic carbocycles. The molecule has 0 aliphatic rings. The lowest BCUT2D eigenvalue weighted by atomic mass is 10.1. The first-order valence-electron chi connectivity index (χ1n) is 10.6. The smallest absolute Gasteiger partial charge is 0.240 e. The summed E-state index contributed by atoms with van der Waals surface area (Å²) >= 11 is 0. The molecule has 2 amide bonds. The van der Waals surface area contributed by atoms with Crippen LogP contribution in [0, 0.1) is 6.92 Å². The number of benzene rings is 3. The second kappa shape index (κ2) is 12.0. The number of amides is 2. The molecule has 0 saturated carbocycles. The van der Waals surface area contributed by atoms with Crippen LogP contribution in [0.1, 0.15) is 29.5 Å². The zero-order valence-electron chi connectivity index (χ0n) is 18.7. The Hall–Kier alpha value is -4.13.